The van der Waals surface area contributed by atoms with E-state index in [1.165, 1.54) is 6.92 Å². The van der Waals surface area contributed by atoms with Gasteiger partial charge in [0.2, 0.25) is 5.91 Å². The van der Waals surface area contributed by atoms with Crippen molar-refractivity contribution >= 4 is 11.7 Å². The van der Waals surface area contributed by atoms with Crippen LogP contribution in [0, 0.1) is 0 Å². The minimum Gasteiger partial charge on any atom is -0.494 e. The summed E-state index contributed by atoms with van der Waals surface area (Å²) in [7, 11) is 0. The monoisotopic (exact) mass is 318 g/mol. The average Bonchev–Trinajstić information content (AvgIpc) is 2.58. The number of ether oxygens (including phenoxy) is 1. The van der Waals surface area contributed by atoms with Crippen molar-refractivity contribution in [2.24, 2.45) is 5.73 Å². The lowest BCUT2D eigenvalue weighted by Gasteiger charge is -2.35. The first-order valence-corrected chi connectivity index (χ1v) is 8.35. The molecule has 1 aliphatic rings. The van der Waals surface area contributed by atoms with Crippen molar-refractivity contribution in [1.29, 1.82) is 0 Å². The van der Waals surface area contributed by atoms with Crippen LogP contribution < -0.4 is 10.5 Å². The van der Waals surface area contributed by atoms with Crippen LogP contribution in [0.5, 0.6) is 5.75 Å². The number of carbonyl (C=O) groups is 2. The van der Waals surface area contributed by atoms with Gasteiger partial charge in [0.15, 0.2) is 5.78 Å². The van der Waals surface area contributed by atoms with E-state index >= 15 is 0 Å². The van der Waals surface area contributed by atoms with Crippen LogP contribution in [-0.2, 0) is 4.79 Å². The maximum absolute atomic E-state index is 12.3. The summed E-state index contributed by atoms with van der Waals surface area (Å²) in [5.74, 6) is 0.939. The Labute approximate surface area is 137 Å². The van der Waals surface area contributed by atoms with Crippen molar-refractivity contribution in [2.45, 2.75) is 45.1 Å². The predicted molar refractivity (Wildman–Crippen MR) is 89.6 cm³/mol. The molecule has 1 unspecified atom stereocenters. The van der Waals surface area contributed by atoms with Crippen molar-refractivity contribution in [3.8, 4) is 5.75 Å². The fourth-order valence-electron chi connectivity index (χ4n) is 2.92. The van der Waals surface area contributed by atoms with Crippen molar-refractivity contribution in [3.63, 3.8) is 0 Å². The normalized spacial score (nSPS) is 17.8. The molecule has 1 atom stereocenters. The van der Waals surface area contributed by atoms with E-state index < -0.39 is 0 Å². The van der Waals surface area contributed by atoms with E-state index in [4.69, 9.17) is 10.5 Å². The lowest BCUT2D eigenvalue weighted by atomic mass is 10.0. The second-order valence-electron chi connectivity index (χ2n) is 6.01. The number of piperidine rings is 1. The predicted octanol–water partition coefficient (Wildman–Crippen LogP) is 2.39. The third-order valence-corrected chi connectivity index (χ3v) is 4.28. The average molecular weight is 318 g/mol. The molecule has 1 aromatic rings. The quantitative estimate of drug-likeness (QED) is 0.619. The van der Waals surface area contributed by atoms with Crippen molar-refractivity contribution in [3.05, 3.63) is 29.8 Å². The number of ketones is 1. The number of nitrogens with two attached hydrogens (primary N) is 1. The minimum absolute atomic E-state index is 0.0399. The number of Topliss-reactive ketones (excluding diaryl/α,β-unsaturated/α-hetero) is 1. The first-order valence-electron chi connectivity index (χ1n) is 8.35. The summed E-state index contributed by atoms with van der Waals surface area (Å²) < 4.78 is 5.62. The topological polar surface area (TPSA) is 72.6 Å². The molecule has 0 aromatic heterocycles. The van der Waals surface area contributed by atoms with Gasteiger partial charge in [-0.15, -0.1) is 0 Å². The lowest BCUT2D eigenvalue weighted by Crippen LogP contribution is -2.47. The Kier molecular flexibility index (Phi) is 6.59. The molecule has 0 aliphatic carbocycles. The molecule has 1 saturated heterocycles. The van der Waals surface area contributed by atoms with Crippen molar-refractivity contribution < 1.29 is 14.3 Å². The lowest BCUT2D eigenvalue weighted by molar-refractivity contribution is -0.134. The number of nitrogens with zero attached hydrogens (tertiary/aromatic N) is 1. The van der Waals surface area contributed by atoms with Gasteiger partial charge in [-0.05, 0) is 56.9 Å². The highest BCUT2D eigenvalue weighted by Gasteiger charge is 2.24. The molecule has 1 aromatic carbocycles. The Balaban J connectivity index is 1.72. The summed E-state index contributed by atoms with van der Waals surface area (Å²) >= 11 is 0. The molecule has 5 nitrogen and oxygen atoms in total. The molecular formula is C18H26N2O3. The van der Waals surface area contributed by atoms with Gasteiger partial charge in [-0.25, -0.2) is 0 Å². The second kappa shape index (κ2) is 8.67. The molecule has 5 heteroatoms. The van der Waals surface area contributed by atoms with Gasteiger partial charge >= 0.3 is 0 Å². The van der Waals surface area contributed by atoms with Crippen LogP contribution in [0.15, 0.2) is 24.3 Å². The molecule has 1 aliphatic heterocycles. The summed E-state index contributed by atoms with van der Waals surface area (Å²) in [6, 6.07) is 7.28. The van der Waals surface area contributed by atoms with E-state index in [1.54, 1.807) is 24.3 Å². The van der Waals surface area contributed by atoms with Crippen LogP contribution in [0.1, 0.15) is 49.4 Å². The third-order valence-electron chi connectivity index (χ3n) is 4.28. The fraction of sp³-hybridized carbons (Fsp3) is 0.556. The molecule has 0 saturated carbocycles. The van der Waals surface area contributed by atoms with E-state index in [2.05, 4.69) is 0 Å². The second-order valence-corrected chi connectivity index (χ2v) is 6.01. The Morgan fingerprint density at radius 1 is 1.26 bits per heavy atom. The van der Waals surface area contributed by atoms with Crippen LogP contribution in [0.4, 0.5) is 0 Å². The zero-order chi connectivity index (χ0) is 16.7. The smallest absolute Gasteiger partial charge is 0.222 e. The van der Waals surface area contributed by atoms with Crippen molar-refractivity contribution in [1.82, 2.24) is 4.90 Å². The molecule has 1 amide bonds. The Hall–Kier alpha value is -1.88. The first kappa shape index (κ1) is 17.5. The number of hydrogen-bond donors (Lipinski definition) is 1. The molecule has 2 rings (SSSR count). The molecule has 1 heterocycles. The van der Waals surface area contributed by atoms with Gasteiger partial charge in [-0.2, -0.15) is 0 Å². The van der Waals surface area contributed by atoms with E-state index in [-0.39, 0.29) is 17.7 Å². The van der Waals surface area contributed by atoms with Gasteiger partial charge in [0.05, 0.1) is 6.61 Å². The molecule has 23 heavy (non-hydrogen) atoms. The highest BCUT2D eigenvalue weighted by molar-refractivity contribution is 5.94. The molecule has 126 valence electrons. The number of likely N-dealkylation sites (tertiary alicyclic amines) is 1. The molecule has 0 spiro atoms. The third kappa shape index (κ3) is 5.06. The number of rotatable bonds is 7. The molecule has 2 N–H and O–H groups in total. The van der Waals surface area contributed by atoms with Gasteiger partial charge < -0.3 is 15.4 Å². The number of hydrogen-bond acceptors (Lipinski definition) is 4. The van der Waals surface area contributed by atoms with Crippen LogP contribution in [0.3, 0.4) is 0 Å². The largest absolute Gasteiger partial charge is 0.494 e. The van der Waals surface area contributed by atoms with E-state index in [9.17, 15) is 9.59 Å². The zero-order valence-electron chi connectivity index (χ0n) is 13.8. The maximum atomic E-state index is 12.3. The van der Waals surface area contributed by atoms with E-state index in [1.807, 2.05) is 4.90 Å². The van der Waals surface area contributed by atoms with E-state index in [0.29, 0.717) is 31.6 Å². The van der Waals surface area contributed by atoms with Crippen molar-refractivity contribution in [2.75, 3.05) is 19.7 Å². The number of carbonyl (C=O) groups excluding carboxylic acids is 2. The summed E-state index contributed by atoms with van der Waals surface area (Å²) in [4.78, 5) is 25.4. The molecule has 1 fully saturated rings. The highest BCUT2D eigenvalue weighted by Crippen LogP contribution is 2.18. The Morgan fingerprint density at radius 2 is 2.00 bits per heavy atom. The number of amides is 1. The SMILES string of the molecule is CC(=O)c1ccc(OCCCC(=O)N2CCCCC2CN)cc1. The molecular weight excluding hydrogens is 292 g/mol. The van der Waals surface area contributed by atoms with Crippen LogP contribution in [0.2, 0.25) is 0 Å². The summed E-state index contributed by atoms with van der Waals surface area (Å²) in [6.45, 7) is 3.40. The number of benzene rings is 1. The summed E-state index contributed by atoms with van der Waals surface area (Å²) in [5, 5.41) is 0. The van der Waals surface area contributed by atoms with E-state index in [0.717, 1.165) is 31.6 Å². The van der Waals surface area contributed by atoms with Gasteiger partial charge in [0.25, 0.3) is 0 Å². The van der Waals surface area contributed by atoms with Gasteiger partial charge in [0.1, 0.15) is 5.75 Å². The fourth-order valence-corrected chi connectivity index (χ4v) is 2.92. The highest BCUT2D eigenvalue weighted by atomic mass is 16.5. The standard InChI is InChI=1S/C18H26N2O3/c1-14(21)15-7-9-17(10-8-15)23-12-4-6-18(22)20-11-3-2-5-16(20)13-19/h7-10,16H,2-6,11-13,19H2,1H3. The van der Waals surface area contributed by atoms with Crippen LogP contribution >= 0.6 is 0 Å². The summed E-state index contributed by atoms with van der Waals surface area (Å²) in [6.07, 6.45) is 4.41. The van der Waals surface area contributed by atoms with Gasteiger partial charge in [-0.3, -0.25) is 9.59 Å². The molecule has 0 bridgehead atoms. The zero-order valence-corrected chi connectivity index (χ0v) is 13.8. The maximum Gasteiger partial charge on any atom is 0.222 e. The van der Waals surface area contributed by atoms with Crippen LogP contribution in [-0.4, -0.2) is 42.3 Å². The molecule has 0 radical (unpaired) electrons. The van der Waals surface area contributed by atoms with Gasteiger partial charge in [-0.1, -0.05) is 0 Å². The Morgan fingerprint density at radius 3 is 2.65 bits per heavy atom. The minimum atomic E-state index is 0.0399. The Bertz CT molecular complexity index is 528. The summed E-state index contributed by atoms with van der Waals surface area (Å²) in [5.41, 5.74) is 6.42. The van der Waals surface area contributed by atoms with Gasteiger partial charge in [0, 0.05) is 31.1 Å². The first-order chi connectivity index (χ1) is 11.1. The van der Waals surface area contributed by atoms with Crippen LogP contribution in [0.25, 0.3) is 0 Å².